The third kappa shape index (κ3) is 2.80. The predicted octanol–water partition coefficient (Wildman–Crippen LogP) is 2.62. The summed E-state index contributed by atoms with van der Waals surface area (Å²) in [4.78, 5) is 0. The van der Waals surface area contributed by atoms with Crippen LogP contribution in [0.3, 0.4) is 0 Å². The fourth-order valence-corrected chi connectivity index (χ4v) is 2.69. The van der Waals surface area contributed by atoms with Gasteiger partial charge in [0.1, 0.15) is 5.52 Å². The van der Waals surface area contributed by atoms with Crippen LogP contribution in [0.4, 0.5) is 13.2 Å². The third-order valence-corrected chi connectivity index (χ3v) is 4.30. The van der Waals surface area contributed by atoms with Crippen molar-refractivity contribution in [1.82, 2.24) is 19.4 Å². The lowest BCUT2D eigenvalue weighted by Gasteiger charge is -2.12. The molecule has 0 aliphatic heterocycles. The van der Waals surface area contributed by atoms with Crippen LogP contribution in [-0.4, -0.2) is 33.3 Å². The van der Waals surface area contributed by atoms with Gasteiger partial charge in [0.2, 0.25) is 0 Å². The minimum Gasteiger partial charge on any atom is -0.374 e. The van der Waals surface area contributed by atoms with Crippen molar-refractivity contribution in [2.24, 2.45) is 7.05 Å². The van der Waals surface area contributed by atoms with Crippen molar-refractivity contribution in [3.8, 4) is 16.9 Å². The van der Waals surface area contributed by atoms with Crippen LogP contribution < -0.4 is 4.18 Å². The maximum atomic E-state index is 12.6. The van der Waals surface area contributed by atoms with Gasteiger partial charge in [-0.1, -0.05) is 11.6 Å². The first-order valence-corrected chi connectivity index (χ1v) is 8.04. The fraction of sp³-hybridized carbons (Fsp3) is 0.167. The Morgan fingerprint density at radius 3 is 2.46 bits per heavy atom. The summed E-state index contributed by atoms with van der Waals surface area (Å²) >= 11 is 5.87. The first-order chi connectivity index (χ1) is 11.1. The molecule has 0 saturated carbocycles. The van der Waals surface area contributed by atoms with Crippen molar-refractivity contribution in [3.05, 3.63) is 35.9 Å². The van der Waals surface area contributed by atoms with Crippen molar-refractivity contribution >= 4 is 27.2 Å². The predicted molar refractivity (Wildman–Crippen MR) is 78.0 cm³/mol. The average Bonchev–Trinajstić information content (AvgIpc) is 3.04. The molecule has 0 spiro atoms. The molecule has 3 rings (SSSR count). The summed E-state index contributed by atoms with van der Waals surface area (Å²) in [7, 11) is -4.20. The lowest BCUT2D eigenvalue weighted by Crippen LogP contribution is -2.28. The number of halogens is 4. The number of aromatic nitrogens is 4. The Bertz CT molecular complexity index is 1030. The van der Waals surface area contributed by atoms with Crippen LogP contribution in [0.5, 0.6) is 5.75 Å². The van der Waals surface area contributed by atoms with E-state index in [0.29, 0.717) is 11.1 Å². The Morgan fingerprint density at radius 1 is 1.17 bits per heavy atom. The largest absolute Gasteiger partial charge is 0.534 e. The zero-order valence-corrected chi connectivity index (χ0v) is 13.4. The first-order valence-electron chi connectivity index (χ1n) is 6.25. The smallest absolute Gasteiger partial charge is 0.374 e. The van der Waals surface area contributed by atoms with Crippen LogP contribution in [0.25, 0.3) is 16.6 Å². The summed E-state index contributed by atoms with van der Waals surface area (Å²) in [6.45, 7) is 0. The number of pyridine rings is 1. The molecule has 128 valence electrons. The van der Waals surface area contributed by atoms with Crippen LogP contribution in [0.15, 0.2) is 30.9 Å². The van der Waals surface area contributed by atoms with Gasteiger partial charge in [0.05, 0.1) is 17.4 Å². The molecule has 0 radical (unpaired) electrons. The standard InChI is InChI=1S/C12H8ClF3N4O3S/c1-19-5-8(3-17-19)7-2-10(23-24(21,22)12(14,15)16)11-9(13)4-18-20(11)6-7/h2-6H,1H3. The second-order valence-corrected chi connectivity index (χ2v) is 6.71. The van der Waals surface area contributed by atoms with Crippen molar-refractivity contribution < 1.29 is 25.8 Å². The summed E-state index contributed by atoms with van der Waals surface area (Å²) in [5.41, 5.74) is -4.79. The molecule has 0 aliphatic rings. The number of rotatable bonds is 3. The van der Waals surface area contributed by atoms with Gasteiger partial charge in [0, 0.05) is 30.6 Å². The molecule has 0 bridgehead atoms. The van der Waals surface area contributed by atoms with E-state index in [4.69, 9.17) is 11.6 Å². The average molecular weight is 381 g/mol. The number of hydrogen-bond donors (Lipinski definition) is 0. The molecule has 0 fully saturated rings. The lowest BCUT2D eigenvalue weighted by molar-refractivity contribution is -0.0499. The minimum atomic E-state index is -5.85. The second kappa shape index (κ2) is 5.38. The molecular formula is C12H8ClF3N4O3S. The molecule has 3 aromatic rings. The summed E-state index contributed by atoms with van der Waals surface area (Å²) in [5.74, 6) is -0.587. The number of fused-ring (bicyclic) bond motifs is 1. The molecule has 0 atom stereocenters. The van der Waals surface area contributed by atoms with E-state index in [1.807, 2.05) is 0 Å². The Kier molecular flexibility index (Phi) is 3.72. The molecular weight excluding hydrogens is 373 g/mol. The van der Waals surface area contributed by atoms with Gasteiger partial charge in [-0.3, -0.25) is 4.68 Å². The highest BCUT2D eigenvalue weighted by atomic mass is 35.5. The highest BCUT2D eigenvalue weighted by Gasteiger charge is 2.49. The summed E-state index contributed by atoms with van der Waals surface area (Å²) in [6.07, 6.45) is 5.67. The van der Waals surface area contributed by atoms with Gasteiger partial charge in [-0.2, -0.15) is 31.8 Å². The molecule has 3 aromatic heterocycles. The van der Waals surface area contributed by atoms with E-state index >= 15 is 0 Å². The van der Waals surface area contributed by atoms with Crippen molar-refractivity contribution in [2.45, 2.75) is 5.51 Å². The Balaban J connectivity index is 2.20. The monoisotopic (exact) mass is 380 g/mol. The molecule has 3 heterocycles. The summed E-state index contributed by atoms with van der Waals surface area (Å²) in [6, 6.07) is 1.13. The molecule has 0 aliphatic carbocycles. The molecule has 0 N–H and O–H groups in total. The van der Waals surface area contributed by atoms with Gasteiger partial charge in [-0.15, -0.1) is 0 Å². The summed E-state index contributed by atoms with van der Waals surface area (Å²) in [5, 5.41) is 7.75. The number of nitrogens with zero attached hydrogens (tertiary/aromatic N) is 4. The fourth-order valence-electron chi connectivity index (χ4n) is 2.01. The van der Waals surface area contributed by atoms with Gasteiger partial charge in [0.15, 0.2) is 5.75 Å². The van der Waals surface area contributed by atoms with E-state index in [9.17, 15) is 21.6 Å². The van der Waals surface area contributed by atoms with Crippen LogP contribution in [-0.2, 0) is 17.2 Å². The zero-order valence-electron chi connectivity index (χ0n) is 11.8. The third-order valence-electron chi connectivity index (χ3n) is 3.05. The van der Waals surface area contributed by atoms with Gasteiger partial charge in [0.25, 0.3) is 0 Å². The molecule has 0 amide bonds. The zero-order chi connectivity index (χ0) is 17.7. The van der Waals surface area contributed by atoms with E-state index in [0.717, 1.165) is 16.8 Å². The topological polar surface area (TPSA) is 78.5 Å². The summed E-state index contributed by atoms with van der Waals surface area (Å²) < 4.78 is 67.3. The van der Waals surface area contributed by atoms with Gasteiger partial charge < -0.3 is 4.18 Å². The van der Waals surface area contributed by atoms with Crippen molar-refractivity contribution in [1.29, 1.82) is 0 Å². The molecule has 0 unspecified atom stereocenters. The maximum absolute atomic E-state index is 12.6. The van der Waals surface area contributed by atoms with Crippen LogP contribution in [0, 0.1) is 0 Å². The van der Waals surface area contributed by atoms with E-state index in [1.165, 1.54) is 17.1 Å². The SMILES string of the molecule is Cn1cc(-c2cc(OS(=O)(=O)C(F)(F)F)c3c(Cl)cnn3c2)cn1. The normalized spacial score (nSPS) is 12.7. The highest BCUT2D eigenvalue weighted by Crippen LogP contribution is 2.35. The van der Waals surface area contributed by atoms with E-state index in [2.05, 4.69) is 14.4 Å². The van der Waals surface area contributed by atoms with Crippen molar-refractivity contribution in [2.75, 3.05) is 0 Å². The van der Waals surface area contributed by atoms with Crippen molar-refractivity contribution in [3.63, 3.8) is 0 Å². The quantitative estimate of drug-likeness (QED) is 0.515. The molecule has 0 aromatic carbocycles. The minimum absolute atomic E-state index is 0.0555. The van der Waals surface area contributed by atoms with Crippen LogP contribution in [0.1, 0.15) is 0 Å². The van der Waals surface area contributed by atoms with Crippen LogP contribution in [0.2, 0.25) is 5.02 Å². The first kappa shape index (κ1) is 16.6. The highest BCUT2D eigenvalue weighted by molar-refractivity contribution is 7.88. The number of hydrogen-bond acceptors (Lipinski definition) is 5. The van der Waals surface area contributed by atoms with E-state index in [1.54, 1.807) is 13.2 Å². The lowest BCUT2D eigenvalue weighted by atomic mass is 10.1. The molecule has 0 saturated heterocycles. The van der Waals surface area contributed by atoms with Gasteiger partial charge >= 0.3 is 15.6 Å². The second-order valence-electron chi connectivity index (χ2n) is 4.76. The molecule has 12 heteroatoms. The Labute approximate surface area is 138 Å². The van der Waals surface area contributed by atoms with Gasteiger partial charge in [-0.05, 0) is 6.07 Å². The number of aryl methyl sites for hydroxylation is 1. The molecule has 24 heavy (non-hydrogen) atoms. The maximum Gasteiger partial charge on any atom is 0.534 e. The van der Waals surface area contributed by atoms with Gasteiger partial charge in [-0.25, -0.2) is 4.52 Å². The Hall–Kier alpha value is -2.27. The van der Waals surface area contributed by atoms with E-state index in [-0.39, 0.29) is 10.5 Å². The Morgan fingerprint density at radius 2 is 1.88 bits per heavy atom. The number of alkyl halides is 3. The van der Waals surface area contributed by atoms with E-state index < -0.39 is 21.4 Å². The molecule has 7 nitrogen and oxygen atoms in total. The van der Waals surface area contributed by atoms with Crippen LogP contribution >= 0.6 is 11.6 Å².